The number of unbranched alkanes of at least 4 members (excludes halogenated alkanes) is 6. The van der Waals surface area contributed by atoms with Crippen molar-refractivity contribution in [1.29, 1.82) is 5.41 Å². The van der Waals surface area contributed by atoms with E-state index in [-0.39, 0.29) is 32.8 Å². The molecule has 14 nitrogen and oxygen atoms in total. The van der Waals surface area contributed by atoms with Gasteiger partial charge in [0, 0.05) is 7.05 Å². The fourth-order valence-corrected chi connectivity index (χ4v) is 4.77. The van der Waals surface area contributed by atoms with Crippen molar-refractivity contribution >= 4 is 32.0 Å². The second kappa shape index (κ2) is 25.0. The molecule has 0 aliphatic heterocycles. The minimum absolute atomic E-state index is 0.0412. The summed E-state index contributed by atoms with van der Waals surface area (Å²) in [6, 6.07) is -0.999. The standard InChI is InChI=1S/C27H52N3O11P/c1-5-8-10-17-36-26(33)38-19-12-14-21-40-42(35,29-25(28)30(4)23(16-7-3)24(31)32)41-22-15-13-20-39-27(34)37-18-11-9-6-2/h23H,5-22H2,1-4H3,(H,31,32)(H2,28,29,35). The van der Waals surface area contributed by atoms with Gasteiger partial charge in [0.2, 0.25) is 5.96 Å². The lowest BCUT2D eigenvalue weighted by molar-refractivity contribution is -0.141. The van der Waals surface area contributed by atoms with Crippen molar-refractivity contribution in [1.82, 2.24) is 9.99 Å². The van der Waals surface area contributed by atoms with Crippen molar-refractivity contribution in [2.24, 2.45) is 0 Å². The van der Waals surface area contributed by atoms with Crippen molar-refractivity contribution in [3.63, 3.8) is 0 Å². The van der Waals surface area contributed by atoms with E-state index in [0.29, 0.717) is 45.3 Å². The molecule has 42 heavy (non-hydrogen) atoms. The SMILES string of the molecule is CCCCCOC(=O)OCCCCOP(=O)(NC(=N)N(C)C(CCC)C(=O)O)OCCCCOC(=O)OCCCCC. The van der Waals surface area contributed by atoms with E-state index in [1.54, 1.807) is 0 Å². The number of aliphatic carboxylic acids is 1. The lowest BCUT2D eigenvalue weighted by Crippen LogP contribution is -2.47. The number of ether oxygens (including phenoxy) is 4. The van der Waals surface area contributed by atoms with Gasteiger partial charge in [0.25, 0.3) is 0 Å². The van der Waals surface area contributed by atoms with E-state index < -0.39 is 38.0 Å². The van der Waals surface area contributed by atoms with Crippen LogP contribution in [-0.2, 0) is 37.4 Å². The summed E-state index contributed by atoms with van der Waals surface area (Å²) in [6.07, 6.45) is 6.41. The molecule has 15 heteroatoms. The molecule has 0 aromatic rings. The Kier molecular flexibility index (Phi) is 23.4. The summed E-state index contributed by atoms with van der Waals surface area (Å²) in [4.78, 5) is 35.9. The van der Waals surface area contributed by atoms with Crippen LogP contribution in [0.3, 0.4) is 0 Å². The lowest BCUT2D eigenvalue weighted by atomic mass is 10.1. The number of carboxylic acids is 1. The number of nitrogens with zero attached hydrogens (tertiary/aromatic N) is 1. The largest absolute Gasteiger partial charge is 0.508 e. The van der Waals surface area contributed by atoms with Gasteiger partial charge < -0.3 is 29.0 Å². The highest BCUT2D eigenvalue weighted by Crippen LogP contribution is 2.44. The predicted molar refractivity (Wildman–Crippen MR) is 157 cm³/mol. The predicted octanol–water partition coefficient (Wildman–Crippen LogP) is 6.08. The molecule has 0 aromatic heterocycles. The zero-order chi connectivity index (χ0) is 31.6. The number of guanidine groups is 1. The fraction of sp³-hybridized carbons (Fsp3) is 0.852. The Labute approximate surface area is 250 Å². The minimum Gasteiger partial charge on any atom is -0.480 e. The Hall–Kier alpha value is -2.57. The van der Waals surface area contributed by atoms with Crippen LogP contribution in [0.5, 0.6) is 0 Å². The quantitative estimate of drug-likeness (QED) is 0.0349. The first-order valence-electron chi connectivity index (χ1n) is 14.9. The maximum absolute atomic E-state index is 13.4. The Bertz CT molecular complexity index is 776. The number of carbonyl (C=O) groups is 3. The molecule has 0 radical (unpaired) electrons. The van der Waals surface area contributed by atoms with Crippen LogP contribution in [0.25, 0.3) is 0 Å². The average Bonchev–Trinajstić information content (AvgIpc) is 2.95. The highest BCUT2D eigenvalue weighted by molar-refractivity contribution is 7.52. The molecule has 0 spiro atoms. The molecule has 0 saturated carbocycles. The fourth-order valence-electron chi connectivity index (χ4n) is 3.41. The number of hydrogen-bond acceptors (Lipinski definition) is 11. The van der Waals surface area contributed by atoms with Crippen molar-refractivity contribution in [2.45, 2.75) is 104 Å². The van der Waals surface area contributed by atoms with Crippen molar-refractivity contribution in [3.05, 3.63) is 0 Å². The van der Waals surface area contributed by atoms with Crippen LogP contribution in [0.2, 0.25) is 0 Å². The third-order valence-electron chi connectivity index (χ3n) is 5.89. The van der Waals surface area contributed by atoms with Gasteiger partial charge in [-0.05, 0) is 44.9 Å². The Balaban J connectivity index is 4.74. The lowest BCUT2D eigenvalue weighted by Gasteiger charge is -2.29. The molecule has 0 amide bonds. The molecule has 0 rings (SSSR count). The smallest absolute Gasteiger partial charge is 0.480 e. The molecule has 3 N–H and O–H groups in total. The average molecular weight is 626 g/mol. The molecule has 0 aliphatic rings. The number of nitrogens with one attached hydrogen (secondary N) is 2. The van der Waals surface area contributed by atoms with Crippen LogP contribution in [0.15, 0.2) is 0 Å². The zero-order valence-corrected chi connectivity index (χ0v) is 26.6. The molecule has 0 bridgehead atoms. The Morgan fingerprint density at radius 3 is 1.45 bits per heavy atom. The second-order valence-electron chi connectivity index (χ2n) is 9.60. The van der Waals surface area contributed by atoms with Crippen LogP contribution in [0, 0.1) is 5.41 Å². The Morgan fingerprint density at radius 1 is 0.714 bits per heavy atom. The molecule has 246 valence electrons. The summed E-state index contributed by atoms with van der Waals surface area (Å²) >= 11 is 0. The van der Waals surface area contributed by atoms with E-state index in [9.17, 15) is 24.1 Å². The molecule has 1 atom stereocenters. The van der Waals surface area contributed by atoms with Crippen molar-refractivity contribution in [3.8, 4) is 0 Å². The van der Waals surface area contributed by atoms with Gasteiger partial charge in [0.15, 0.2) is 0 Å². The van der Waals surface area contributed by atoms with Crippen LogP contribution in [-0.4, -0.2) is 87.0 Å². The first-order chi connectivity index (χ1) is 20.1. The number of carbonyl (C=O) groups excluding carboxylic acids is 2. The van der Waals surface area contributed by atoms with Crippen molar-refractivity contribution in [2.75, 3.05) is 46.7 Å². The van der Waals surface area contributed by atoms with Crippen LogP contribution < -0.4 is 5.09 Å². The zero-order valence-electron chi connectivity index (χ0n) is 25.7. The maximum atomic E-state index is 13.4. The molecular formula is C27H52N3O11P. The van der Waals surface area contributed by atoms with Gasteiger partial charge >= 0.3 is 26.0 Å². The molecule has 0 aromatic carbocycles. The number of rotatable bonds is 25. The van der Waals surface area contributed by atoms with E-state index in [1.807, 2.05) is 20.8 Å². The normalized spacial score (nSPS) is 11.8. The third-order valence-corrected chi connectivity index (χ3v) is 7.42. The van der Waals surface area contributed by atoms with Gasteiger partial charge in [-0.3, -0.25) is 19.5 Å². The van der Waals surface area contributed by atoms with Crippen LogP contribution in [0.4, 0.5) is 9.59 Å². The second-order valence-corrected chi connectivity index (χ2v) is 11.3. The summed E-state index contributed by atoms with van der Waals surface area (Å²) in [5, 5.41) is 20.2. The van der Waals surface area contributed by atoms with Gasteiger partial charge in [-0.2, -0.15) is 0 Å². The van der Waals surface area contributed by atoms with E-state index in [2.05, 4.69) is 5.09 Å². The third kappa shape index (κ3) is 20.3. The monoisotopic (exact) mass is 625 g/mol. The first-order valence-corrected chi connectivity index (χ1v) is 16.4. The topological polar surface area (TPSA) is 183 Å². The molecule has 1 unspecified atom stereocenters. The summed E-state index contributed by atoms with van der Waals surface area (Å²) in [7, 11) is -2.66. The van der Waals surface area contributed by atoms with Gasteiger partial charge in [0.1, 0.15) is 6.04 Å². The van der Waals surface area contributed by atoms with E-state index >= 15 is 0 Å². The highest BCUT2D eigenvalue weighted by Gasteiger charge is 2.31. The van der Waals surface area contributed by atoms with E-state index in [1.165, 1.54) is 7.05 Å². The van der Waals surface area contributed by atoms with Crippen molar-refractivity contribution < 1.29 is 52.1 Å². The summed E-state index contributed by atoms with van der Waals surface area (Å²) in [5.41, 5.74) is 0. The molecule has 0 fully saturated rings. The Morgan fingerprint density at radius 2 is 1.10 bits per heavy atom. The van der Waals surface area contributed by atoms with Crippen LogP contribution >= 0.6 is 7.75 Å². The van der Waals surface area contributed by atoms with Gasteiger partial charge in [0.05, 0.1) is 39.6 Å². The van der Waals surface area contributed by atoms with Crippen LogP contribution in [0.1, 0.15) is 97.8 Å². The summed E-state index contributed by atoms with van der Waals surface area (Å²) in [6.45, 7) is 6.62. The number of hydrogen-bond donors (Lipinski definition) is 3. The van der Waals surface area contributed by atoms with Gasteiger partial charge in [-0.25, -0.2) is 18.9 Å². The number of likely N-dealkylation sites (N-methyl/N-ethyl adjacent to an activating group) is 1. The van der Waals surface area contributed by atoms with E-state index in [0.717, 1.165) is 43.4 Å². The van der Waals surface area contributed by atoms with Gasteiger partial charge in [-0.1, -0.05) is 52.9 Å². The minimum atomic E-state index is -4.07. The maximum Gasteiger partial charge on any atom is 0.508 e. The van der Waals surface area contributed by atoms with E-state index in [4.69, 9.17) is 33.4 Å². The van der Waals surface area contributed by atoms with Gasteiger partial charge in [-0.15, -0.1) is 0 Å². The highest BCUT2D eigenvalue weighted by atomic mass is 31.2. The molecular weight excluding hydrogens is 573 g/mol. The molecule has 0 heterocycles. The summed E-state index contributed by atoms with van der Waals surface area (Å²) < 4.78 is 44.3. The summed E-state index contributed by atoms with van der Waals surface area (Å²) in [5.74, 6) is -1.54. The molecule has 0 saturated heterocycles. The number of carboxylic acid groups (broad SMARTS) is 1. The first kappa shape index (κ1) is 39.4. The molecule has 0 aliphatic carbocycles.